The molecule has 0 unspecified atom stereocenters. The zero-order valence-corrected chi connectivity index (χ0v) is 21.9. The number of aromatic nitrogens is 2. The number of benzene rings is 2. The van der Waals surface area contributed by atoms with Crippen LogP contribution in [0.1, 0.15) is 25.8 Å². The third-order valence-electron chi connectivity index (χ3n) is 5.07. The number of fused-ring (bicyclic) bond motifs is 1. The van der Waals surface area contributed by atoms with Gasteiger partial charge in [0.05, 0.1) is 6.08 Å². The molecular formula is C24H24IN3O2S2. The van der Waals surface area contributed by atoms with Crippen molar-refractivity contribution in [1.29, 1.82) is 0 Å². The van der Waals surface area contributed by atoms with E-state index in [-0.39, 0.29) is 35.4 Å². The number of carbonyl (C=O) groups is 1. The highest BCUT2D eigenvalue weighted by Gasteiger charge is 2.17. The summed E-state index contributed by atoms with van der Waals surface area (Å²) < 4.78 is 6.67. The van der Waals surface area contributed by atoms with Crippen molar-refractivity contribution in [2.45, 2.75) is 33.9 Å². The molecule has 1 amide bonds. The highest BCUT2D eigenvalue weighted by Crippen LogP contribution is 2.20. The summed E-state index contributed by atoms with van der Waals surface area (Å²) in [5, 5.41) is 1.10. The van der Waals surface area contributed by atoms with Crippen molar-refractivity contribution >= 4 is 56.8 Å². The van der Waals surface area contributed by atoms with E-state index in [0.717, 1.165) is 21.9 Å². The second-order valence-electron chi connectivity index (χ2n) is 7.00. The van der Waals surface area contributed by atoms with Crippen molar-refractivity contribution in [2.24, 2.45) is 0 Å². The second kappa shape index (κ2) is 10.5. The Morgan fingerprint density at radius 2 is 1.75 bits per heavy atom. The predicted octanol–water partition coefficient (Wildman–Crippen LogP) is 0.0757. The Labute approximate surface area is 211 Å². The Hall–Kier alpha value is -2.30. The van der Waals surface area contributed by atoms with Crippen molar-refractivity contribution in [3.05, 3.63) is 79.2 Å². The van der Waals surface area contributed by atoms with E-state index in [4.69, 9.17) is 0 Å². The van der Waals surface area contributed by atoms with Crippen LogP contribution in [0.25, 0.3) is 22.5 Å². The number of anilines is 1. The Bertz CT molecular complexity index is 1420. The van der Waals surface area contributed by atoms with Crippen LogP contribution in [-0.2, 0) is 17.9 Å². The van der Waals surface area contributed by atoms with Crippen molar-refractivity contribution in [2.75, 3.05) is 4.90 Å². The number of thiazole rings is 2. The lowest BCUT2D eigenvalue weighted by Crippen LogP contribution is -3.00. The first kappa shape index (κ1) is 24.3. The van der Waals surface area contributed by atoms with Gasteiger partial charge in [0.15, 0.2) is 0 Å². The normalized spacial score (nSPS) is 12.2. The van der Waals surface area contributed by atoms with E-state index in [2.05, 4.69) is 29.7 Å². The van der Waals surface area contributed by atoms with Crippen LogP contribution in [0, 0.1) is 0 Å². The largest absolute Gasteiger partial charge is 1.00 e. The SMILES string of the molecule is CCn1c(=O)/c(=C\N(C(C)=O)c2ccccc2)s/c1=C\c1sc2ccccc2[n+]1CC.[I-]. The molecule has 4 rings (SSSR count). The van der Waals surface area contributed by atoms with Crippen LogP contribution in [0.4, 0.5) is 5.69 Å². The molecule has 166 valence electrons. The topological polar surface area (TPSA) is 46.2 Å². The third kappa shape index (κ3) is 4.72. The van der Waals surface area contributed by atoms with Gasteiger partial charge >= 0.3 is 0 Å². The molecule has 32 heavy (non-hydrogen) atoms. The number of hydrogen-bond donors (Lipinski definition) is 0. The van der Waals surface area contributed by atoms with E-state index in [0.29, 0.717) is 11.1 Å². The number of aryl methyl sites for hydroxylation is 1. The van der Waals surface area contributed by atoms with Gasteiger partial charge in [0.1, 0.15) is 20.4 Å². The molecule has 0 saturated heterocycles. The van der Waals surface area contributed by atoms with Gasteiger partial charge in [-0.15, -0.1) is 11.3 Å². The predicted molar refractivity (Wildman–Crippen MR) is 129 cm³/mol. The molecule has 2 heterocycles. The van der Waals surface area contributed by atoms with Crippen molar-refractivity contribution < 1.29 is 33.3 Å². The number of nitrogens with zero attached hydrogens (tertiary/aromatic N) is 3. The van der Waals surface area contributed by atoms with Gasteiger partial charge in [-0.05, 0) is 32.0 Å². The van der Waals surface area contributed by atoms with Crippen LogP contribution < -0.4 is 48.2 Å². The summed E-state index contributed by atoms with van der Waals surface area (Å²) in [6, 6.07) is 17.7. The molecule has 0 N–H and O–H groups in total. The summed E-state index contributed by atoms with van der Waals surface area (Å²) in [5.74, 6) is -0.138. The van der Waals surface area contributed by atoms with Crippen LogP contribution in [-0.4, -0.2) is 10.5 Å². The highest BCUT2D eigenvalue weighted by molar-refractivity contribution is 7.19. The van der Waals surface area contributed by atoms with E-state index in [1.54, 1.807) is 22.1 Å². The lowest BCUT2D eigenvalue weighted by molar-refractivity contribution is -0.665. The molecule has 0 saturated carbocycles. The van der Waals surface area contributed by atoms with E-state index in [1.165, 1.54) is 33.4 Å². The summed E-state index contributed by atoms with van der Waals surface area (Å²) in [5.41, 5.74) is 1.86. The number of hydrogen-bond acceptors (Lipinski definition) is 4. The fraction of sp³-hybridized carbons (Fsp3) is 0.208. The van der Waals surface area contributed by atoms with Crippen LogP contribution in [0.3, 0.4) is 0 Å². The summed E-state index contributed by atoms with van der Waals surface area (Å²) >= 11 is 3.13. The maximum atomic E-state index is 13.1. The zero-order valence-electron chi connectivity index (χ0n) is 18.1. The number of para-hydroxylation sites is 2. The fourth-order valence-electron chi connectivity index (χ4n) is 3.58. The fourth-order valence-corrected chi connectivity index (χ4v) is 5.89. The molecule has 0 radical (unpaired) electrons. The molecule has 2 aromatic heterocycles. The van der Waals surface area contributed by atoms with Gasteiger partial charge in [0.25, 0.3) is 10.6 Å². The molecule has 0 spiro atoms. The van der Waals surface area contributed by atoms with Gasteiger partial charge in [-0.1, -0.05) is 41.7 Å². The van der Waals surface area contributed by atoms with Crippen molar-refractivity contribution in [3.8, 4) is 0 Å². The Morgan fingerprint density at radius 3 is 2.41 bits per heavy atom. The minimum atomic E-state index is -0.138. The van der Waals surface area contributed by atoms with Crippen LogP contribution >= 0.6 is 22.7 Å². The van der Waals surface area contributed by atoms with Crippen LogP contribution in [0.2, 0.25) is 0 Å². The molecular weight excluding hydrogens is 553 g/mol. The minimum Gasteiger partial charge on any atom is -1.00 e. The molecule has 5 nitrogen and oxygen atoms in total. The van der Waals surface area contributed by atoms with Gasteiger partial charge in [-0.25, -0.2) is 0 Å². The van der Waals surface area contributed by atoms with Gasteiger partial charge < -0.3 is 24.0 Å². The number of rotatable bonds is 5. The summed E-state index contributed by atoms with van der Waals surface area (Å²) in [6.45, 7) is 7.01. The average molecular weight is 578 g/mol. The first-order chi connectivity index (χ1) is 15.0. The summed E-state index contributed by atoms with van der Waals surface area (Å²) in [7, 11) is 0. The monoisotopic (exact) mass is 577 g/mol. The van der Waals surface area contributed by atoms with E-state index < -0.39 is 0 Å². The first-order valence-corrected chi connectivity index (χ1v) is 11.9. The smallest absolute Gasteiger partial charge is 0.270 e. The molecule has 2 aromatic carbocycles. The molecule has 0 bridgehead atoms. The zero-order chi connectivity index (χ0) is 22.0. The number of halogens is 1. The highest BCUT2D eigenvalue weighted by atomic mass is 127. The van der Waals surface area contributed by atoms with E-state index >= 15 is 0 Å². The molecule has 4 aromatic rings. The van der Waals surface area contributed by atoms with Gasteiger partial charge in [0.2, 0.25) is 11.4 Å². The maximum absolute atomic E-state index is 13.1. The standard InChI is InChI=1S/C24H24N3O2S2.HI/c1-4-25-19-13-9-10-14-20(19)30-22(25)15-23-26(5-2)24(29)21(31-23)16-27(17(3)28)18-11-7-6-8-12-18;/h6-16H,4-5H2,1-3H3;1H/q+1;/p-1/b21-16+;. The molecule has 0 aliphatic rings. The summed E-state index contributed by atoms with van der Waals surface area (Å²) in [4.78, 5) is 26.9. The molecule has 8 heteroatoms. The van der Waals surface area contributed by atoms with Gasteiger partial charge in [-0.2, -0.15) is 4.57 Å². The Balaban J connectivity index is 0.00000289. The second-order valence-corrected chi connectivity index (χ2v) is 9.13. The van der Waals surface area contributed by atoms with Crippen molar-refractivity contribution in [1.82, 2.24) is 4.57 Å². The molecule has 0 aliphatic carbocycles. The lowest BCUT2D eigenvalue weighted by Gasteiger charge is -2.15. The molecule has 0 atom stereocenters. The van der Waals surface area contributed by atoms with Crippen LogP contribution in [0.5, 0.6) is 0 Å². The lowest BCUT2D eigenvalue weighted by atomic mass is 10.3. The first-order valence-electron chi connectivity index (χ1n) is 10.2. The van der Waals surface area contributed by atoms with Gasteiger partial charge in [0, 0.05) is 31.4 Å². The minimum absolute atomic E-state index is 0. The average Bonchev–Trinajstić information content (AvgIpc) is 3.28. The van der Waals surface area contributed by atoms with Crippen molar-refractivity contribution in [3.63, 3.8) is 0 Å². The number of amides is 1. The Kier molecular flexibility index (Phi) is 8.02. The quantitative estimate of drug-likeness (QED) is 0.249. The third-order valence-corrected chi connectivity index (χ3v) is 7.23. The van der Waals surface area contributed by atoms with Crippen LogP contribution in [0.15, 0.2) is 59.4 Å². The maximum Gasteiger partial charge on any atom is 0.270 e. The summed E-state index contributed by atoms with van der Waals surface area (Å²) in [6.07, 6.45) is 3.74. The van der Waals surface area contributed by atoms with E-state index in [1.807, 2.05) is 49.4 Å². The Morgan fingerprint density at radius 1 is 1.06 bits per heavy atom. The van der Waals surface area contributed by atoms with Gasteiger partial charge in [-0.3, -0.25) is 19.1 Å². The molecule has 0 fully saturated rings. The van der Waals surface area contributed by atoms with E-state index in [9.17, 15) is 9.59 Å². The molecule has 0 aliphatic heterocycles. The number of carbonyl (C=O) groups excluding carboxylic acids is 1.